The summed E-state index contributed by atoms with van der Waals surface area (Å²) in [5, 5.41) is 16.1. The van der Waals surface area contributed by atoms with Crippen molar-refractivity contribution in [3.05, 3.63) is 53.9 Å². The fraction of sp³-hybridized carbons (Fsp3) is 0.400. The molecular formula is C20H25N3O6. The van der Waals surface area contributed by atoms with Crippen LogP contribution in [0.2, 0.25) is 0 Å². The molecule has 0 fully saturated rings. The molecule has 0 saturated heterocycles. The minimum atomic E-state index is -1.44. The van der Waals surface area contributed by atoms with E-state index in [4.69, 9.17) is 9.47 Å². The number of aliphatic carboxylic acids is 1. The molecule has 2 aromatic rings. The second-order valence-corrected chi connectivity index (χ2v) is 6.85. The molecule has 0 aliphatic carbocycles. The first kappa shape index (κ1) is 21.9. The van der Waals surface area contributed by atoms with E-state index in [1.54, 1.807) is 24.3 Å². The molecule has 0 bridgehead atoms. The quantitative estimate of drug-likeness (QED) is 0.618. The Bertz CT molecular complexity index is 834. The minimum Gasteiger partial charge on any atom is -0.479 e. The third-order valence-corrected chi connectivity index (χ3v) is 4.18. The average molecular weight is 403 g/mol. The second kappa shape index (κ2) is 10.3. The molecule has 2 atom stereocenters. The lowest BCUT2D eigenvalue weighted by molar-refractivity contribution is -0.146. The number of ether oxygens (including phenoxy) is 2. The Morgan fingerprint density at radius 1 is 1.17 bits per heavy atom. The molecule has 1 aromatic heterocycles. The Morgan fingerprint density at radius 2 is 1.86 bits per heavy atom. The molecule has 0 saturated carbocycles. The first-order chi connectivity index (χ1) is 13.8. The zero-order chi connectivity index (χ0) is 21.4. The summed E-state index contributed by atoms with van der Waals surface area (Å²) in [6.45, 7) is 3.84. The van der Waals surface area contributed by atoms with Gasteiger partial charge in [0.05, 0.1) is 12.8 Å². The van der Waals surface area contributed by atoms with Crippen LogP contribution in [0.5, 0.6) is 0 Å². The number of aromatic nitrogens is 2. The Labute approximate surface area is 168 Å². The van der Waals surface area contributed by atoms with E-state index in [0.717, 1.165) is 5.56 Å². The molecule has 0 aliphatic heterocycles. The molecular weight excluding hydrogens is 378 g/mol. The summed E-state index contributed by atoms with van der Waals surface area (Å²) in [4.78, 5) is 36.2. The number of hydrogen-bond acceptors (Lipinski definition) is 6. The average Bonchev–Trinajstić information content (AvgIpc) is 3.17. The van der Waals surface area contributed by atoms with E-state index in [0.29, 0.717) is 6.42 Å². The van der Waals surface area contributed by atoms with Crippen LogP contribution >= 0.6 is 0 Å². The van der Waals surface area contributed by atoms with Crippen molar-refractivity contribution in [2.75, 3.05) is 7.11 Å². The Hall–Kier alpha value is -3.36. The van der Waals surface area contributed by atoms with Gasteiger partial charge < -0.3 is 19.9 Å². The smallest absolute Gasteiger partial charge is 0.408 e. The highest BCUT2D eigenvalue weighted by molar-refractivity contribution is 5.81. The van der Waals surface area contributed by atoms with Gasteiger partial charge in [-0.3, -0.25) is 4.68 Å². The lowest BCUT2D eigenvalue weighted by atomic mass is 10.0. The third-order valence-electron chi connectivity index (χ3n) is 4.18. The number of nitrogens with zero attached hydrogens (tertiary/aromatic N) is 2. The molecule has 29 heavy (non-hydrogen) atoms. The van der Waals surface area contributed by atoms with Crippen molar-refractivity contribution in [3.8, 4) is 0 Å². The molecule has 1 heterocycles. The van der Waals surface area contributed by atoms with Crippen LogP contribution in [0.15, 0.2) is 42.6 Å². The minimum absolute atomic E-state index is 0.00356. The molecule has 0 radical (unpaired) electrons. The van der Waals surface area contributed by atoms with E-state index in [9.17, 15) is 19.5 Å². The van der Waals surface area contributed by atoms with Crippen molar-refractivity contribution in [2.24, 2.45) is 5.92 Å². The number of esters is 1. The van der Waals surface area contributed by atoms with Crippen molar-refractivity contribution in [1.29, 1.82) is 0 Å². The Morgan fingerprint density at radius 3 is 2.45 bits per heavy atom. The molecule has 9 nitrogen and oxygen atoms in total. The monoisotopic (exact) mass is 403 g/mol. The number of carbonyl (C=O) groups is 3. The van der Waals surface area contributed by atoms with Crippen molar-refractivity contribution in [3.63, 3.8) is 0 Å². The molecule has 2 N–H and O–H groups in total. The maximum absolute atomic E-state index is 12.2. The number of nitrogens with one attached hydrogen (secondary N) is 1. The SMILES string of the molecule is COC(=O)[C@H](CC(C)C)n1nccc1[C@@H](NC(=O)OCc1ccccc1)C(=O)O. The standard InChI is InChI=1S/C20H25N3O6/c1-13(2)11-16(19(26)28-3)23-15(9-10-21-23)17(18(24)25)22-20(27)29-12-14-7-5-4-6-8-14/h4-10,13,16-17H,11-12H2,1-3H3,(H,22,27)(H,24,25)/t16-,17+/m0/s1. The highest BCUT2D eigenvalue weighted by atomic mass is 16.5. The predicted octanol–water partition coefficient (Wildman–Crippen LogP) is 2.70. The van der Waals surface area contributed by atoms with Gasteiger partial charge in [-0.2, -0.15) is 5.10 Å². The number of hydrogen-bond donors (Lipinski definition) is 2. The number of rotatable bonds is 9. The fourth-order valence-corrected chi connectivity index (χ4v) is 2.84. The lowest BCUT2D eigenvalue weighted by Gasteiger charge is -2.22. The van der Waals surface area contributed by atoms with Crippen molar-refractivity contribution < 1.29 is 29.0 Å². The number of amides is 1. The van der Waals surface area contributed by atoms with Crippen LogP contribution in [0.25, 0.3) is 0 Å². The van der Waals surface area contributed by atoms with Crippen LogP contribution in [-0.4, -0.2) is 40.0 Å². The molecule has 0 unspecified atom stereocenters. The van der Waals surface area contributed by atoms with Gasteiger partial charge in [-0.05, 0) is 24.0 Å². The number of carboxylic acid groups (broad SMARTS) is 1. The van der Waals surface area contributed by atoms with E-state index in [-0.39, 0.29) is 18.2 Å². The lowest BCUT2D eigenvalue weighted by Crippen LogP contribution is -2.37. The zero-order valence-corrected chi connectivity index (χ0v) is 16.6. The summed E-state index contributed by atoms with van der Waals surface area (Å²) >= 11 is 0. The highest BCUT2D eigenvalue weighted by Crippen LogP contribution is 2.24. The zero-order valence-electron chi connectivity index (χ0n) is 16.6. The van der Waals surface area contributed by atoms with Crippen molar-refractivity contribution in [2.45, 2.75) is 39.0 Å². The third kappa shape index (κ3) is 6.06. The maximum Gasteiger partial charge on any atom is 0.408 e. The predicted molar refractivity (Wildman–Crippen MR) is 103 cm³/mol. The van der Waals surface area contributed by atoms with Gasteiger partial charge in [0.25, 0.3) is 0 Å². The van der Waals surface area contributed by atoms with E-state index in [1.165, 1.54) is 24.1 Å². The number of alkyl carbamates (subject to hydrolysis) is 1. The Kier molecular flexibility index (Phi) is 7.76. The van der Waals surface area contributed by atoms with Crippen LogP contribution in [0.1, 0.15) is 43.6 Å². The molecule has 0 spiro atoms. The highest BCUT2D eigenvalue weighted by Gasteiger charge is 2.32. The van der Waals surface area contributed by atoms with E-state index in [2.05, 4.69) is 10.4 Å². The van der Waals surface area contributed by atoms with E-state index < -0.39 is 30.1 Å². The molecule has 9 heteroatoms. The van der Waals surface area contributed by atoms with Gasteiger partial charge in [0, 0.05) is 6.20 Å². The van der Waals surface area contributed by atoms with Gasteiger partial charge in [-0.1, -0.05) is 44.2 Å². The van der Waals surface area contributed by atoms with Gasteiger partial charge in [-0.25, -0.2) is 14.4 Å². The molecule has 0 aliphatic rings. The summed E-state index contributed by atoms with van der Waals surface area (Å²) in [6, 6.07) is 8.18. The molecule has 1 aromatic carbocycles. The van der Waals surface area contributed by atoms with Crippen molar-refractivity contribution in [1.82, 2.24) is 15.1 Å². The molecule has 2 rings (SSSR count). The normalized spacial score (nSPS) is 12.8. The topological polar surface area (TPSA) is 120 Å². The number of carbonyl (C=O) groups excluding carboxylic acids is 2. The number of benzene rings is 1. The van der Waals surface area contributed by atoms with E-state index >= 15 is 0 Å². The van der Waals surface area contributed by atoms with Gasteiger partial charge in [0.2, 0.25) is 0 Å². The van der Waals surface area contributed by atoms with Gasteiger partial charge in [0.1, 0.15) is 12.6 Å². The first-order valence-corrected chi connectivity index (χ1v) is 9.14. The largest absolute Gasteiger partial charge is 0.479 e. The number of carboxylic acids is 1. The van der Waals surface area contributed by atoms with Crippen molar-refractivity contribution >= 4 is 18.0 Å². The van der Waals surface area contributed by atoms with Gasteiger partial charge in [-0.15, -0.1) is 0 Å². The van der Waals surface area contributed by atoms with Gasteiger partial charge in [0.15, 0.2) is 6.04 Å². The van der Waals surface area contributed by atoms with Crippen LogP contribution in [-0.2, 0) is 25.7 Å². The van der Waals surface area contributed by atoms with E-state index in [1.807, 2.05) is 19.9 Å². The molecule has 1 amide bonds. The summed E-state index contributed by atoms with van der Waals surface area (Å²) in [6.07, 6.45) is 0.873. The summed E-state index contributed by atoms with van der Waals surface area (Å²) in [7, 11) is 1.26. The fourth-order valence-electron chi connectivity index (χ4n) is 2.84. The summed E-state index contributed by atoms with van der Waals surface area (Å²) in [5.74, 6) is -1.72. The Balaban J connectivity index is 2.18. The summed E-state index contributed by atoms with van der Waals surface area (Å²) in [5.41, 5.74) is 0.910. The second-order valence-electron chi connectivity index (χ2n) is 6.85. The molecule has 156 valence electrons. The maximum atomic E-state index is 12.2. The summed E-state index contributed by atoms with van der Waals surface area (Å²) < 4.78 is 11.2. The van der Waals surface area contributed by atoms with Crippen LogP contribution in [0, 0.1) is 5.92 Å². The number of methoxy groups -OCH3 is 1. The van der Waals surface area contributed by atoms with Gasteiger partial charge >= 0.3 is 18.0 Å². The van der Waals surface area contributed by atoms with Crippen LogP contribution in [0.3, 0.4) is 0 Å². The first-order valence-electron chi connectivity index (χ1n) is 9.14. The van der Waals surface area contributed by atoms with Crippen LogP contribution < -0.4 is 5.32 Å². The van der Waals surface area contributed by atoms with Crippen LogP contribution in [0.4, 0.5) is 4.79 Å².